The molecule has 158 valence electrons. The molecule has 0 aromatic heterocycles. The van der Waals surface area contributed by atoms with Gasteiger partial charge in [-0.15, -0.1) is 0 Å². The summed E-state index contributed by atoms with van der Waals surface area (Å²) in [6.07, 6.45) is 2.26. The number of methoxy groups -OCH3 is 1. The summed E-state index contributed by atoms with van der Waals surface area (Å²) >= 11 is 5.95. The molecule has 0 aliphatic rings. The summed E-state index contributed by atoms with van der Waals surface area (Å²) in [5, 5.41) is 14.9. The van der Waals surface area contributed by atoms with Crippen LogP contribution in [-0.4, -0.2) is 26.2 Å². The van der Waals surface area contributed by atoms with Gasteiger partial charge in [-0.3, -0.25) is 4.79 Å². The highest BCUT2D eigenvalue weighted by Gasteiger charge is 2.13. The molecule has 0 heterocycles. The lowest BCUT2D eigenvalue weighted by atomic mass is 10.0. The molecule has 6 heteroatoms. The number of nitrogens with one attached hydrogen (secondary N) is 1. The van der Waals surface area contributed by atoms with Crippen LogP contribution in [0.1, 0.15) is 17.5 Å². The number of rotatable bonds is 9. The van der Waals surface area contributed by atoms with Gasteiger partial charge in [-0.2, -0.15) is 5.26 Å². The van der Waals surface area contributed by atoms with Crippen LogP contribution in [0.4, 0.5) is 0 Å². The Balaban J connectivity index is 1.91. The molecule has 5 nitrogen and oxygen atoms in total. The summed E-state index contributed by atoms with van der Waals surface area (Å²) in [7, 11) is 1.61. The highest BCUT2D eigenvalue weighted by atomic mass is 35.5. The van der Waals surface area contributed by atoms with E-state index in [4.69, 9.17) is 21.1 Å². The quantitative estimate of drug-likeness (QED) is 0.288. The number of amides is 1. The van der Waals surface area contributed by atoms with Gasteiger partial charge in [-0.25, -0.2) is 0 Å². The molecule has 3 aromatic rings. The van der Waals surface area contributed by atoms with E-state index in [0.29, 0.717) is 42.5 Å². The monoisotopic (exact) mass is 434 g/mol. The Hall–Kier alpha value is -3.33. The standard InChI is InChI=1S/C25H23ClN2O3/c1-30-14-4-13-28-25(29)20(16-27)15-23-22-6-3-2-5-19(22)9-12-24(23)31-17-18-7-10-21(26)11-8-18/h2-3,5-12,15H,4,13-14,17H2,1H3,(H,28,29)/b20-15+. The van der Waals surface area contributed by atoms with Crippen molar-refractivity contribution in [2.24, 2.45) is 0 Å². The van der Waals surface area contributed by atoms with Gasteiger partial charge >= 0.3 is 0 Å². The van der Waals surface area contributed by atoms with Crippen LogP contribution in [-0.2, 0) is 16.1 Å². The van der Waals surface area contributed by atoms with E-state index in [1.54, 1.807) is 13.2 Å². The van der Waals surface area contributed by atoms with Gasteiger partial charge in [0.15, 0.2) is 0 Å². The molecule has 31 heavy (non-hydrogen) atoms. The van der Waals surface area contributed by atoms with E-state index in [1.165, 1.54) is 0 Å². The van der Waals surface area contributed by atoms with E-state index in [1.807, 2.05) is 66.7 Å². The summed E-state index contributed by atoms with van der Waals surface area (Å²) in [4.78, 5) is 12.5. The van der Waals surface area contributed by atoms with Gasteiger partial charge in [0.1, 0.15) is 24.0 Å². The largest absolute Gasteiger partial charge is 0.488 e. The molecule has 3 aromatic carbocycles. The summed E-state index contributed by atoms with van der Waals surface area (Å²) in [5.41, 5.74) is 1.67. The van der Waals surface area contributed by atoms with Crippen LogP contribution in [0.2, 0.25) is 5.02 Å². The number of nitrogens with zero attached hydrogens (tertiary/aromatic N) is 1. The zero-order valence-corrected chi connectivity index (χ0v) is 18.0. The second-order valence-electron chi connectivity index (χ2n) is 6.89. The van der Waals surface area contributed by atoms with Gasteiger partial charge in [0.25, 0.3) is 5.91 Å². The lowest BCUT2D eigenvalue weighted by molar-refractivity contribution is -0.117. The van der Waals surface area contributed by atoms with E-state index < -0.39 is 5.91 Å². The van der Waals surface area contributed by atoms with E-state index in [-0.39, 0.29) is 5.57 Å². The van der Waals surface area contributed by atoms with Crippen molar-refractivity contribution in [2.45, 2.75) is 13.0 Å². The minimum Gasteiger partial charge on any atom is -0.488 e. The topological polar surface area (TPSA) is 71.3 Å². The van der Waals surface area contributed by atoms with Gasteiger partial charge in [-0.05, 0) is 47.0 Å². The SMILES string of the molecule is COCCCNC(=O)/C(C#N)=C/c1c(OCc2ccc(Cl)cc2)ccc2ccccc12. The zero-order valence-electron chi connectivity index (χ0n) is 17.2. The average molecular weight is 435 g/mol. The molecule has 0 bridgehead atoms. The van der Waals surface area contributed by atoms with Crippen molar-refractivity contribution in [3.05, 3.63) is 82.4 Å². The molecule has 0 spiro atoms. The van der Waals surface area contributed by atoms with Gasteiger partial charge in [0.05, 0.1) is 0 Å². The minimum absolute atomic E-state index is 0.0186. The Morgan fingerprint density at radius 2 is 1.90 bits per heavy atom. The minimum atomic E-state index is -0.421. The number of fused-ring (bicyclic) bond motifs is 1. The fourth-order valence-electron chi connectivity index (χ4n) is 3.10. The number of ether oxygens (including phenoxy) is 2. The molecule has 0 saturated heterocycles. The maximum Gasteiger partial charge on any atom is 0.261 e. The van der Waals surface area contributed by atoms with Crippen molar-refractivity contribution in [3.8, 4) is 11.8 Å². The predicted octanol–water partition coefficient (Wildman–Crippen LogP) is 5.13. The molecule has 0 radical (unpaired) electrons. The molecule has 3 rings (SSSR count). The van der Waals surface area contributed by atoms with E-state index in [9.17, 15) is 10.1 Å². The number of carbonyl (C=O) groups excluding carboxylic acids is 1. The lowest BCUT2D eigenvalue weighted by Crippen LogP contribution is -2.26. The maximum absolute atomic E-state index is 12.5. The maximum atomic E-state index is 12.5. The first-order valence-corrected chi connectivity index (χ1v) is 10.3. The van der Waals surface area contributed by atoms with Crippen LogP contribution >= 0.6 is 11.6 Å². The second-order valence-corrected chi connectivity index (χ2v) is 7.32. The van der Waals surface area contributed by atoms with Gasteiger partial charge in [0.2, 0.25) is 0 Å². The summed E-state index contributed by atoms with van der Waals surface area (Å²) in [5.74, 6) is 0.170. The third kappa shape index (κ3) is 6.08. The molecule has 0 unspecified atom stereocenters. The van der Waals surface area contributed by atoms with Crippen LogP contribution in [0.3, 0.4) is 0 Å². The first-order valence-electron chi connectivity index (χ1n) is 9.90. The number of hydrogen-bond donors (Lipinski definition) is 1. The summed E-state index contributed by atoms with van der Waals surface area (Å²) in [6, 6.07) is 21.0. The third-order valence-electron chi connectivity index (χ3n) is 4.70. The van der Waals surface area contributed by atoms with Crippen molar-refractivity contribution in [3.63, 3.8) is 0 Å². The van der Waals surface area contributed by atoms with E-state index in [2.05, 4.69) is 5.32 Å². The van der Waals surface area contributed by atoms with Crippen LogP contribution < -0.4 is 10.1 Å². The van der Waals surface area contributed by atoms with E-state index in [0.717, 1.165) is 16.3 Å². The summed E-state index contributed by atoms with van der Waals surface area (Å²) in [6.45, 7) is 1.31. The van der Waals surface area contributed by atoms with Gasteiger partial charge in [0, 0.05) is 30.8 Å². The highest BCUT2D eigenvalue weighted by Crippen LogP contribution is 2.31. The molecule has 1 N–H and O–H groups in total. The number of benzene rings is 3. The van der Waals surface area contributed by atoms with Gasteiger partial charge < -0.3 is 14.8 Å². The Labute approximate surface area is 186 Å². The molecule has 0 fully saturated rings. The number of hydrogen-bond acceptors (Lipinski definition) is 4. The normalized spacial score (nSPS) is 11.2. The molecule has 1 amide bonds. The molecule has 0 saturated carbocycles. The average Bonchev–Trinajstić information content (AvgIpc) is 2.80. The third-order valence-corrected chi connectivity index (χ3v) is 4.95. The first-order chi connectivity index (χ1) is 15.1. The van der Waals surface area contributed by atoms with Crippen molar-refractivity contribution < 1.29 is 14.3 Å². The zero-order chi connectivity index (χ0) is 22.1. The second kappa shape index (κ2) is 11.2. The van der Waals surface area contributed by atoms with Crippen LogP contribution in [0.25, 0.3) is 16.8 Å². The summed E-state index contributed by atoms with van der Waals surface area (Å²) < 4.78 is 11.0. The number of nitriles is 1. The number of carbonyl (C=O) groups is 1. The van der Waals surface area contributed by atoms with Crippen molar-refractivity contribution >= 4 is 34.4 Å². The Morgan fingerprint density at radius 3 is 2.65 bits per heavy atom. The van der Waals surface area contributed by atoms with E-state index >= 15 is 0 Å². The number of halogens is 1. The Kier molecular flexibility index (Phi) is 8.05. The van der Waals surface area contributed by atoms with Crippen molar-refractivity contribution in [1.29, 1.82) is 5.26 Å². The Morgan fingerprint density at radius 1 is 1.13 bits per heavy atom. The smallest absolute Gasteiger partial charge is 0.261 e. The highest BCUT2D eigenvalue weighted by molar-refractivity contribution is 6.30. The van der Waals surface area contributed by atoms with Gasteiger partial charge in [-0.1, -0.05) is 54.1 Å². The van der Waals surface area contributed by atoms with Crippen molar-refractivity contribution in [2.75, 3.05) is 20.3 Å². The van der Waals surface area contributed by atoms with Crippen LogP contribution in [0.15, 0.2) is 66.2 Å². The fraction of sp³-hybridized carbons (Fsp3) is 0.200. The molecular formula is C25H23ClN2O3. The lowest BCUT2D eigenvalue weighted by Gasteiger charge is -2.13. The molecule has 0 atom stereocenters. The molecule has 0 aliphatic carbocycles. The molecule has 0 aliphatic heterocycles. The van der Waals surface area contributed by atoms with Crippen LogP contribution in [0.5, 0.6) is 5.75 Å². The fourth-order valence-corrected chi connectivity index (χ4v) is 3.22. The van der Waals surface area contributed by atoms with Crippen molar-refractivity contribution in [1.82, 2.24) is 5.32 Å². The molecular weight excluding hydrogens is 412 g/mol. The predicted molar refractivity (Wildman–Crippen MR) is 123 cm³/mol. The first kappa shape index (κ1) is 22.4. The Bertz CT molecular complexity index is 1120. The van der Waals surface area contributed by atoms with Crippen LogP contribution in [0, 0.1) is 11.3 Å².